The van der Waals surface area contributed by atoms with Crippen molar-refractivity contribution in [3.05, 3.63) is 0 Å². The molecule has 0 aromatic rings. The largest absolute Gasteiger partial charge is 0.468 e. The Morgan fingerprint density at radius 3 is 2.85 bits per heavy atom. The normalized spacial score (nSPS) is 34.9. The molecule has 2 N–H and O–H groups in total. The summed E-state index contributed by atoms with van der Waals surface area (Å²) in [5.74, 6) is -0.288. The molecule has 1 saturated heterocycles. The summed E-state index contributed by atoms with van der Waals surface area (Å²) < 4.78 is 4.73. The van der Waals surface area contributed by atoms with Gasteiger partial charge in [0, 0.05) is 12.6 Å². The van der Waals surface area contributed by atoms with Crippen LogP contribution in [0.25, 0.3) is 0 Å². The standard InChI is InChI=1S/C9H18N2O2/c1-4-7-9(10,8(12)13-3)5-6-11(7)2/h7H,4-6,10H2,1-3H3. The van der Waals surface area contributed by atoms with E-state index in [0.717, 1.165) is 13.0 Å². The van der Waals surface area contributed by atoms with Crippen molar-refractivity contribution in [3.63, 3.8) is 0 Å². The molecular weight excluding hydrogens is 168 g/mol. The zero-order chi connectivity index (χ0) is 10.1. The number of hydrogen-bond donors (Lipinski definition) is 1. The number of esters is 1. The van der Waals surface area contributed by atoms with E-state index in [2.05, 4.69) is 4.90 Å². The van der Waals surface area contributed by atoms with Crippen LogP contribution in [0, 0.1) is 0 Å². The van der Waals surface area contributed by atoms with Crippen molar-refractivity contribution in [3.8, 4) is 0 Å². The molecule has 1 aliphatic rings. The first-order chi connectivity index (χ1) is 6.06. The first kappa shape index (κ1) is 10.5. The van der Waals surface area contributed by atoms with Crippen molar-refractivity contribution in [2.24, 2.45) is 5.73 Å². The van der Waals surface area contributed by atoms with E-state index >= 15 is 0 Å². The van der Waals surface area contributed by atoms with E-state index in [1.54, 1.807) is 0 Å². The van der Waals surface area contributed by atoms with Gasteiger partial charge in [-0.2, -0.15) is 0 Å². The highest BCUT2D eigenvalue weighted by atomic mass is 16.5. The van der Waals surface area contributed by atoms with Gasteiger partial charge in [0.15, 0.2) is 0 Å². The van der Waals surface area contributed by atoms with Crippen LogP contribution in [0.3, 0.4) is 0 Å². The molecule has 0 bridgehead atoms. The molecule has 0 spiro atoms. The number of rotatable bonds is 2. The third kappa shape index (κ3) is 1.56. The molecule has 0 aromatic heterocycles. The second kappa shape index (κ2) is 3.64. The molecular formula is C9H18N2O2. The van der Waals surface area contributed by atoms with E-state index in [1.165, 1.54) is 7.11 Å². The fourth-order valence-electron chi connectivity index (χ4n) is 2.18. The summed E-state index contributed by atoms with van der Waals surface area (Å²) in [5, 5.41) is 0. The molecule has 2 unspecified atom stereocenters. The van der Waals surface area contributed by atoms with Crippen LogP contribution in [0.5, 0.6) is 0 Å². The lowest BCUT2D eigenvalue weighted by molar-refractivity contribution is -0.148. The number of hydrogen-bond acceptors (Lipinski definition) is 4. The first-order valence-electron chi connectivity index (χ1n) is 4.63. The van der Waals surface area contributed by atoms with E-state index in [-0.39, 0.29) is 12.0 Å². The van der Waals surface area contributed by atoms with Crippen molar-refractivity contribution in [2.75, 3.05) is 20.7 Å². The number of carbonyl (C=O) groups is 1. The quantitative estimate of drug-likeness (QED) is 0.615. The smallest absolute Gasteiger partial charge is 0.327 e. The second-order valence-corrected chi connectivity index (χ2v) is 3.69. The third-order valence-electron chi connectivity index (χ3n) is 2.96. The Balaban J connectivity index is 2.83. The van der Waals surface area contributed by atoms with Gasteiger partial charge in [0.1, 0.15) is 5.54 Å². The molecule has 0 aromatic carbocycles. The molecule has 0 amide bonds. The lowest BCUT2D eigenvalue weighted by atomic mass is 9.90. The lowest BCUT2D eigenvalue weighted by Crippen LogP contribution is -2.57. The van der Waals surface area contributed by atoms with Crippen molar-refractivity contribution < 1.29 is 9.53 Å². The second-order valence-electron chi connectivity index (χ2n) is 3.69. The number of likely N-dealkylation sites (N-methyl/N-ethyl adjacent to an activating group) is 1. The molecule has 13 heavy (non-hydrogen) atoms. The maximum Gasteiger partial charge on any atom is 0.327 e. The fourth-order valence-corrected chi connectivity index (χ4v) is 2.18. The van der Waals surface area contributed by atoms with Crippen LogP contribution in [0.2, 0.25) is 0 Å². The summed E-state index contributed by atoms with van der Waals surface area (Å²) in [7, 11) is 3.38. The van der Waals surface area contributed by atoms with Crippen LogP contribution in [-0.2, 0) is 9.53 Å². The van der Waals surface area contributed by atoms with Crippen LogP contribution in [0.1, 0.15) is 19.8 Å². The molecule has 1 rings (SSSR count). The van der Waals surface area contributed by atoms with Crippen molar-refractivity contribution in [1.82, 2.24) is 4.90 Å². The van der Waals surface area contributed by atoms with Gasteiger partial charge in [-0.05, 0) is 19.9 Å². The van der Waals surface area contributed by atoms with Crippen LogP contribution < -0.4 is 5.73 Å². The van der Waals surface area contributed by atoms with Crippen molar-refractivity contribution >= 4 is 5.97 Å². The van der Waals surface area contributed by atoms with Gasteiger partial charge in [0.2, 0.25) is 0 Å². The zero-order valence-corrected chi connectivity index (χ0v) is 8.54. The highest BCUT2D eigenvalue weighted by Gasteiger charge is 2.48. The maximum absolute atomic E-state index is 11.5. The highest BCUT2D eigenvalue weighted by molar-refractivity contribution is 5.82. The third-order valence-corrected chi connectivity index (χ3v) is 2.96. The minimum absolute atomic E-state index is 0.111. The average Bonchev–Trinajstić information content (AvgIpc) is 2.42. The minimum Gasteiger partial charge on any atom is -0.468 e. The van der Waals surface area contributed by atoms with Crippen LogP contribution in [0.4, 0.5) is 0 Å². The summed E-state index contributed by atoms with van der Waals surface area (Å²) in [6, 6.07) is 0.111. The Kier molecular flexibility index (Phi) is 2.93. The molecule has 0 saturated carbocycles. The fraction of sp³-hybridized carbons (Fsp3) is 0.889. The Hall–Kier alpha value is -0.610. The monoisotopic (exact) mass is 186 g/mol. The molecule has 4 heteroatoms. The van der Waals surface area contributed by atoms with Crippen molar-refractivity contribution in [1.29, 1.82) is 0 Å². The SMILES string of the molecule is CCC1N(C)CCC1(N)C(=O)OC. The van der Waals surface area contributed by atoms with E-state index in [9.17, 15) is 4.79 Å². The molecule has 1 heterocycles. The van der Waals surface area contributed by atoms with Gasteiger partial charge in [-0.3, -0.25) is 4.79 Å². The van der Waals surface area contributed by atoms with Gasteiger partial charge in [-0.15, -0.1) is 0 Å². The Labute approximate surface area is 79.0 Å². The summed E-state index contributed by atoms with van der Waals surface area (Å²) in [6.07, 6.45) is 1.57. The first-order valence-corrected chi connectivity index (χ1v) is 4.63. The topological polar surface area (TPSA) is 55.6 Å². The molecule has 2 atom stereocenters. The van der Waals surface area contributed by atoms with Gasteiger partial charge in [0.25, 0.3) is 0 Å². The average molecular weight is 186 g/mol. The van der Waals surface area contributed by atoms with Gasteiger partial charge in [0.05, 0.1) is 7.11 Å². The summed E-state index contributed by atoms with van der Waals surface area (Å²) >= 11 is 0. The van der Waals surface area contributed by atoms with E-state index in [0.29, 0.717) is 6.42 Å². The predicted molar refractivity (Wildman–Crippen MR) is 50.3 cm³/mol. The predicted octanol–water partition coefficient (Wildman–Crippen LogP) is -0.0290. The summed E-state index contributed by atoms with van der Waals surface area (Å²) in [6.45, 7) is 2.90. The van der Waals surface area contributed by atoms with Crippen LogP contribution in [0.15, 0.2) is 0 Å². The van der Waals surface area contributed by atoms with Crippen LogP contribution >= 0.6 is 0 Å². The Morgan fingerprint density at radius 2 is 2.38 bits per heavy atom. The van der Waals surface area contributed by atoms with E-state index in [1.807, 2.05) is 14.0 Å². The highest BCUT2D eigenvalue weighted by Crippen LogP contribution is 2.28. The molecule has 4 nitrogen and oxygen atoms in total. The number of likely N-dealkylation sites (tertiary alicyclic amines) is 1. The Bertz CT molecular complexity index is 208. The molecule has 76 valence electrons. The van der Waals surface area contributed by atoms with E-state index < -0.39 is 5.54 Å². The maximum atomic E-state index is 11.5. The summed E-state index contributed by atoms with van der Waals surface area (Å²) in [5.41, 5.74) is 5.25. The number of nitrogens with zero attached hydrogens (tertiary/aromatic N) is 1. The molecule has 1 aliphatic heterocycles. The van der Waals surface area contributed by atoms with E-state index in [4.69, 9.17) is 10.5 Å². The molecule has 0 radical (unpaired) electrons. The zero-order valence-electron chi connectivity index (χ0n) is 8.54. The van der Waals surface area contributed by atoms with Crippen molar-refractivity contribution in [2.45, 2.75) is 31.3 Å². The van der Waals surface area contributed by atoms with Crippen LogP contribution in [-0.4, -0.2) is 43.2 Å². The van der Waals surface area contributed by atoms with Gasteiger partial charge >= 0.3 is 5.97 Å². The molecule has 1 fully saturated rings. The molecule has 0 aliphatic carbocycles. The summed E-state index contributed by atoms with van der Waals surface area (Å²) in [4.78, 5) is 13.6. The number of carbonyl (C=O) groups excluding carboxylic acids is 1. The minimum atomic E-state index is -0.793. The van der Waals surface area contributed by atoms with Gasteiger partial charge in [-0.25, -0.2) is 0 Å². The Morgan fingerprint density at radius 1 is 1.77 bits per heavy atom. The lowest BCUT2D eigenvalue weighted by Gasteiger charge is -2.30. The number of ether oxygens (including phenoxy) is 1. The number of nitrogens with two attached hydrogens (primary N) is 1. The van der Waals surface area contributed by atoms with Gasteiger partial charge < -0.3 is 15.4 Å². The van der Waals surface area contributed by atoms with Gasteiger partial charge in [-0.1, -0.05) is 6.92 Å². The number of methoxy groups -OCH3 is 1.